The molecule has 2 nitrogen and oxygen atoms in total. The van der Waals surface area contributed by atoms with E-state index < -0.39 is 0 Å². The van der Waals surface area contributed by atoms with E-state index in [-0.39, 0.29) is 0 Å². The van der Waals surface area contributed by atoms with Gasteiger partial charge in [-0.25, -0.2) is 0 Å². The third-order valence-electron chi connectivity index (χ3n) is 2.78. The lowest BCUT2D eigenvalue weighted by Gasteiger charge is -2.16. The van der Waals surface area contributed by atoms with Crippen LogP contribution in [0.3, 0.4) is 0 Å². The molecule has 2 heterocycles. The van der Waals surface area contributed by atoms with Crippen LogP contribution >= 0.6 is 11.3 Å². The van der Waals surface area contributed by atoms with E-state index in [1.165, 1.54) is 16.7 Å². The maximum atomic E-state index is 4.15. The lowest BCUT2D eigenvalue weighted by molar-refractivity contribution is 0.590. The van der Waals surface area contributed by atoms with Crippen molar-refractivity contribution in [3.63, 3.8) is 0 Å². The first-order valence-electron chi connectivity index (χ1n) is 5.40. The number of nitrogens with zero attached hydrogens (tertiary/aromatic N) is 1. The Hall–Kier alpha value is -1.19. The summed E-state index contributed by atoms with van der Waals surface area (Å²) in [5.74, 6) is 0. The van der Waals surface area contributed by atoms with Crippen molar-refractivity contribution in [2.75, 3.05) is 7.05 Å². The highest BCUT2D eigenvalue weighted by molar-refractivity contribution is 7.08. The number of pyridine rings is 1. The Morgan fingerprint density at radius 2 is 2.31 bits per heavy atom. The highest BCUT2D eigenvalue weighted by Gasteiger charge is 2.12. The summed E-state index contributed by atoms with van der Waals surface area (Å²) in [7, 11) is 2.01. The zero-order chi connectivity index (χ0) is 11.4. The van der Waals surface area contributed by atoms with Crippen molar-refractivity contribution in [3.05, 3.63) is 52.0 Å². The van der Waals surface area contributed by atoms with Gasteiger partial charge in [-0.1, -0.05) is 6.07 Å². The molecule has 1 N–H and O–H groups in total. The summed E-state index contributed by atoms with van der Waals surface area (Å²) >= 11 is 1.76. The van der Waals surface area contributed by atoms with Gasteiger partial charge in [0.15, 0.2) is 0 Å². The fraction of sp³-hybridized carbons (Fsp3) is 0.308. The van der Waals surface area contributed by atoms with Crippen LogP contribution in [0.15, 0.2) is 35.3 Å². The third-order valence-corrected chi connectivity index (χ3v) is 3.66. The summed E-state index contributed by atoms with van der Waals surface area (Å²) in [6, 6.07) is 4.50. The van der Waals surface area contributed by atoms with Gasteiger partial charge in [-0.05, 0) is 53.9 Å². The van der Waals surface area contributed by atoms with Crippen LogP contribution in [-0.4, -0.2) is 12.0 Å². The smallest absolute Gasteiger partial charge is 0.0369 e. The fourth-order valence-corrected chi connectivity index (χ4v) is 2.75. The van der Waals surface area contributed by atoms with Crippen molar-refractivity contribution in [2.24, 2.45) is 0 Å². The Balaban J connectivity index is 2.16. The molecule has 0 radical (unpaired) electrons. The van der Waals surface area contributed by atoms with Crippen molar-refractivity contribution < 1.29 is 0 Å². The lowest BCUT2D eigenvalue weighted by atomic mass is 10.00. The molecule has 84 valence electrons. The lowest BCUT2D eigenvalue weighted by Crippen LogP contribution is -2.19. The number of hydrogen-bond acceptors (Lipinski definition) is 3. The number of aromatic nitrogens is 1. The second kappa shape index (κ2) is 5.23. The van der Waals surface area contributed by atoms with Crippen molar-refractivity contribution >= 4 is 11.3 Å². The highest BCUT2D eigenvalue weighted by atomic mass is 32.1. The fourth-order valence-electron chi connectivity index (χ4n) is 1.85. The molecule has 0 aliphatic heterocycles. The van der Waals surface area contributed by atoms with Gasteiger partial charge in [0, 0.05) is 18.4 Å². The van der Waals surface area contributed by atoms with E-state index in [1.807, 2.05) is 25.5 Å². The standard InChI is InChI=1S/C13H16N2S/c1-10-8-16-9-12(10)13(14-2)6-11-4-3-5-15-7-11/h3-5,7-9,13-14H,6H2,1-2H3. The molecule has 0 spiro atoms. The molecule has 16 heavy (non-hydrogen) atoms. The summed E-state index contributed by atoms with van der Waals surface area (Å²) < 4.78 is 0. The van der Waals surface area contributed by atoms with Crippen molar-refractivity contribution in [3.8, 4) is 0 Å². The Kier molecular flexibility index (Phi) is 3.70. The Bertz CT molecular complexity index is 436. The topological polar surface area (TPSA) is 24.9 Å². The van der Waals surface area contributed by atoms with E-state index in [4.69, 9.17) is 0 Å². The van der Waals surface area contributed by atoms with Crippen LogP contribution in [0.1, 0.15) is 22.7 Å². The quantitative estimate of drug-likeness (QED) is 0.876. The van der Waals surface area contributed by atoms with E-state index in [2.05, 4.69) is 34.1 Å². The summed E-state index contributed by atoms with van der Waals surface area (Å²) in [5.41, 5.74) is 4.04. The first-order valence-corrected chi connectivity index (χ1v) is 6.34. The molecule has 0 amide bonds. The zero-order valence-corrected chi connectivity index (χ0v) is 10.4. The molecule has 0 aromatic carbocycles. The molecule has 0 aliphatic carbocycles. The van der Waals surface area contributed by atoms with Gasteiger partial charge in [0.05, 0.1) is 0 Å². The van der Waals surface area contributed by atoms with Crippen molar-refractivity contribution in [1.82, 2.24) is 10.3 Å². The SMILES string of the molecule is CNC(Cc1cccnc1)c1cscc1C. The predicted molar refractivity (Wildman–Crippen MR) is 68.8 cm³/mol. The molecule has 0 saturated carbocycles. The maximum Gasteiger partial charge on any atom is 0.0369 e. The number of rotatable bonds is 4. The Morgan fingerprint density at radius 3 is 2.88 bits per heavy atom. The van der Waals surface area contributed by atoms with Gasteiger partial charge in [0.1, 0.15) is 0 Å². The number of likely N-dealkylation sites (N-methyl/N-ethyl adjacent to an activating group) is 1. The van der Waals surface area contributed by atoms with Gasteiger partial charge in [0.25, 0.3) is 0 Å². The average molecular weight is 232 g/mol. The maximum absolute atomic E-state index is 4.15. The largest absolute Gasteiger partial charge is 0.313 e. The number of aryl methyl sites for hydroxylation is 1. The van der Waals surface area contributed by atoms with E-state index >= 15 is 0 Å². The molecule has 3 heteroatoms. The van der Waals surface area contributed by atoms with Crippen LogP contribution < -0.4 is 5.32 Å². The van der Waals surface area contributed by atoms with Crippen LogP contribution in [0, 0.1) is 6.92 Å². The first-order chi connectivity index (χ1) is 7.81. The summed E-state index contributed by atoms with van der Waals surface area (Å²) in [6.45, 7) is 2.17. The van der Waals surface area contributed by atoms with Crippen LogP contribution in [0.5, 0.6) is 0 Å². The molecule has 2 rings (SSSR count). The average Bonchev–Trinajstić information content (AvgIpc) is 2.74. The molecular formula is C13H16N2S. The number of thiophene rings is 1. The molecule has 1 atom stereocenters. The molecule has 0 saturated heterocycles. The van der Waals surface area contributed by atoms with Gasteiger partial charge in [-0.2, -0.15) is 11.3 Å². The molecule has 2 aromatic rings. The molecule has 0 aliphatic rings. The summed E-state index contributed by atoms with van der Waals surface area (Å²) in [4.78, 5) is 4.15. The van der Waals surface area contributed by atoms with Gasteiger partial charge < -0.3 is 5.32 Å². The minimum Gasteiger partial charge on any atom is -0.313 e. The third kappa shape index (κ3) is 2.49. The molecule has 0 fully saturated rings. The van der Waals surface area contributed by atoms with Gasteiger partial charge in [-0.15, -0.1) is 0 Å². The minimum absolute atomic E-state index is 0.385. The van der Waals surface area contributed by atoms with Crippen LogP contribution in [0.4, 0.5) is 0 Å². The monoisotopic (exact) mass is 232 g/mol. The summed E-state index contributed by atoms with van der Waals surface area (Å²) in [6.07, 6.45) is 4.74. The van der Waals surface area contributed by atoms with Crippen LogP contribution in [0.2, 0.25) is 0 Å². The van der Waals surface area contributed by atoms with E-state index in [1.54, 1.807) is 11.3 Å². The van der Waals surface area contributed by atoms with E-state index in [0.717, 1.165) is 6.42 Å². The van der Waals surface area contributed by atoms with E-state index in [9.17, 15) is 0 Å². The van der Waals surface area contributed by atoms with Crippen LogP contribution in [-0.2, 0) is 6.42 Å². The Morgan fingerprint density at radius 1 is 1.44 bits per heavy atom. The highest BCUT2D eigenvalue weighted by Crippen LogP contribution is 2.24. The predicted octanol–water partition coefficient (Wildman–Crippen LogP) is 2.95. The molecular weight excluding hydrogens is 216 g/mol. The normalized spacial score (nSPS) is 12.6. The first kappa shape index (κ1) is 11.3. The van der Waals surface area contributed by atoms with Crippen molar-refractivity contribution in [2.45, 2.75) is 19.4 Å². The molecule has 0 bridgehead atoms. The second-order valence-electron chi connectivity index (χ2n) is 3.92. The van der Waals surface area contributed by atoms with Gasteiger partial charge in [0.2, 0.25) is 0 Å². The molecule has 1 unspecified atom stereocenters. The Labute approximate surface area is 100 Å². The minimum atomic E-state index is 0.385. The number of nitrogens with one attached hydrogen (secondary N) is 1. The van der Waals surface area contributed by atoms with Crippen molar-refractivity contribution in [1.29, 1.82) is 0 Å². The van der Waals surface area contributed by atoms with Crippen LogP contribution in [0.25, 0.3) is 0 Å². The second-order valence-corrected chi connectivity index (χ2v) is 4.66. The number of hydrogen-bond donors (Lipinski definition) is 1. The summed E-state index contributed by atoms with van der Waals surface area (Å²) in [5, 5.41) is 7.80. The zero-order valence-electron chi connectivity index (χ0n) is 9.60. The molecule has 2 aromatic heterocycles. The van der Waals surface area contributed by atoms with Gasteiger partial charge >= 0.3 is 0 Å². The van der Waals surface area contributed by atoms with Gasteiger partial charge in [-0.3, -0.25) is 4.98 Å². The van der Waals surface area contributed by atoms with E-state index in [0.29, 0.717) is 6.04 Å².